The maximum Gasteiger partial charge on any atom is 0.201 e. The topological polar surface area (TPSA) is 12.9 Å². The van der Waals surface area contributed by atoms with Crippen LogP contribution in [-0.4, -0.2) is 21.1 Å². The van der Waals surface area contributed by atoms with E-state index in [-0.39, 0.29) is 0 Å². The third-order valence-electron chi connectivity index (χ3n) is 10.4. The van der Waals surface area contributed by atoms with Crippen LogP contribution in [0.25, 0.3) is 20.3 Å². The van der Waals surface area contributed by atoms with Crippen molar-refractivity contribution in [1.29, 1.82) is 0 Å². The van der Waals surface area contributed by atoms with Crippen LogP contribution in [0.15, 0.2) is 212 Å². The van der Waals surface area contributed by atoms with Crippen LogP contribution in [0.5, 0.6) is 0 Å². The Morgan fingerprint density at radius 3 is 1.08 bits per heavy atom. The van der Waals surface area contributed by atoms with E-state index in [4.69, 9.17) is 4.98 Å². The van der Waals surface area contributed by atoms with Gasteiger partial charge in [0.2, 0.25) is 8.07 Å². The molecule has 0 amide bonds. The average Bonchev–Trinajstić information content (AvgIpc) is 3.60. The van der Waals surface area contributed by atoms with Gasteiger partial charge in [-0.3, -0.25) is 4.98 Å². The first-order valence-electron chi connectivity index (χ1n) is 17.5. The van der Waals surface area contributed by atoms with Crippen LogP contribution in [-0.2, 0) is 0 Å². The highest BCUT2D eigenvalue weighted by atomic mass is 32.1. The van der Waals surface area contributed by atoms with E-state index < -0.39 is 16.1 Å². The van der Waals surface area contributed by atoms with Crippen LogP contribution < -0.4 is 41.6 Å². The van der Waals surface area contributed by atoms with Gasteiger partial charge in [-0.15, -0.1) is 11.3 Å². The summed E-state index contributed by atoms with van der Waals surface area (Å²) < 4.78 is 2.54. The monoisotopic (exact) mass is 701 g/mol. The molecule has 9 aromatic rings. The maximum atomic E-state index is 5.91. The molecule has 0 bridgehead atoms. The molecule has 2 aromatic heterocycles. The molecule has 9 rings (SSSR count). The molecule has 0 unspecified atom stereocenters. The predicted molar refractivity (Wildman–Crippen MR) is 224 cm³/mol. The molecule has 0 fully saturated rings. The lowest BCUT2D eigenvalue weighted by molar-refractivity contribution is 1.49. The number of hydrogen-bond acceptors (Lipinski definition) is 2. The molecular formula is C47H35NSSi2. The van der Waals surface area contributed by atoms with Gasteiger partial charge >= 0.3 is 0 Å². The van der Waals surface area contributed by atoms with Gasteiger partial charge in [-0.1, -0.05) is 200 Å². The normalized spacial score (nSPS) is 11.9. The molecule has 242 valence electrons. The number of thiophene rings is 1. The first kappa shape index (κ1) is 31.3. The van der Waals surface area contributed by atoms with Crippen molar-refractivity contribution in [2.45, 2.75) is 0 Å². The fourth-order valence-corrected chi connectivity index (χ4v) is 19.4. The lowest BCUT2D eigenvalue weighted by atomic mass is 10.2. The van der Waals surface area contributed by atoms with Crippen molar-refractivity contribution >= 4 is 89.4 Å². The van der Waals surface area contributed by atoms with Gasteiger partial charge in [-0.05, 0) is 48.4 Å². The van der Waals surface area contributed by atoms with Gasteiger partial charge in [0, 0.05) is 15.4 Å². The molecular weight excluding hydrogens is 667 g/mol. The second-order valence-electron chi connectivity index (χ2n) is 13.0. The Morgan fingerprint density at radius 2 is 0.686 bits per heavy atom. The number of nitrogens with zero attached hydrogens (tertiary/aromatic N) is 1. The summed E-state index contributed by atoms with van der Waals surface area (Å²) in [6, 6.07) is 78.8. The average molecular weight is 702 g/mol. The summed E-state index contributed by atoms with van der Waals surface area (Å²) in [5, 5.41) is 11.8. The minimum Gasteiger partial charge on any atom is -0.255 e. The summed E-state index contributed by atoms with van der Waals surface area (Å²) in [4.78, 5) is 5.91. The van der Waals surface area contributed by atoms with E-state index in [9.17, 15) is 0 Å². The van der Waals surface area contributed by atoms with Crippen molar-refractivity contribution in [3.8, 4) is 0 Å². The van der Waals surface area contributed by atoms with Gasteiger partial charge < -0.3 is 0 Å². The van der Waals surface area contributed by atoms with E-state index in [0.717, 1.165) is 10.8 Å². The summed E-state index contributed by atoms with van der Waals surface area (Å²) >= 11 is 1.89. The van der Waals surface area contributed by atoms with Gasteiger partial charge in [-0.25, -0.2) is 0 Å². The second kappa shape index (κ2) is 13.2. The Morgan fingerprint density at radius 1 is 0.353 bits per heavy atom. The third-order valence-corrected chi connectivity index (χ3v) is 21.2. The number of pyridine rings is 1. The summed E-state index contributed by atoms with van der Waals surface area (Å²) in [6.45, 7) is 0. The van der Waals surface area contributed by atoms with Gasteiger partial charge in [0.1, 0.15) is 0 Å². The number of hydrogen-bond donors (Lipinski definition) is 0. The summed E-state index contributed by atoms with van der Waals surface area (Å²) in [6.07, 6.45) is 0. The highest BCUT2D eigenvalue weighted by Gasteiger charge is 2.47. The zero-order valence-corrected chi connectivity index (χ0v) is 30.9. The largest absolute Gasteiger partial charge is 0.255 e. The second-order valence-corrected chi connectivity index (χ2v) is 21.6. The van der Waals surface area contributed by atoms with Gasteiger partial charge in [0.05, 0.1) is 10.2 Å². The van der Waals surface area contributed by atoms with Crippen LogP contribution >= 0.6 is 11.3 Å². The van der Waals surface area contributed by atoms with E-state index >= 15 is 0 Å². The SMILES string of the molecule is c1ccc([Si](c2ccccc2)(c2ccccc2)c2cc([Si](c3ccccc3)(c3ccccc3)c3ccccc3)c3sc4ccccc4c3n2)cc1. The zero-order valence-electron chi connectivity index (χ0n) is 28.1. The van der Waals surface area contributed by atoms with E-state index in [2.05, 4.69) is 212 Å². The van der Waals surface area contributed by atoms with Gasteiger partial charge in [0.25, 0.3) is 0 Å². The smallest absolute Gasteiger partial charge is 0.201 e. The molecule has 7 aromatic carbocycles. The molecule has 51 heavy (non-hydrogen) atoms. The molecule has 1 nitrogen and oxygen atoms in total. The standard InChI is InChI=1S/C47H35NSSi2/c1-7-21-36(22-8-1)50(37-23-9-2-10-24-37,38-25-11-3-12-26-38)44-35-45(48-46-42-33-19-20-34-43(42)49-47(44)46)51(39-27-13-4-14-28-39,40-29-15-5-16-30-40)41-31-17-6-18-32-41/h1-35H. The van der Waals surface area contributed by atoms with E-state index in [0.29, 0.717) is 0 Å². The fraction of sp³-hybridized carbons (Fsp3) is 0. The predicted octanol–water partition coefficient (Wildman–Crippen LogP) is 6.20. The lowest BCUT2D eigenvalue weighted by Crippen LogP contribution is -2.78. The van der Waals surface area contributed by atoms with E-state index in [1.807, 2.05) is 11.3 Å². The minimum atomic E-state index is -2.98. The quantitative estimate of drug-likeness (QED) is 0.136. The van der Waals surface area contributed by atoms with Crippen molar-refractivity contribution in [1.82, 2.24) is 4.98 Å². The molecule has 2 heterocycles. The lowest BCUT2D eigenvalue weighted by Gasteiger charge is -2.37. The highest BCUT2D eigenvalue weighted by Crippen LogP contribution is 2.32. The molecule has 0 aliphatic heterocycles. The van der Waals surface area contributed by atoms with Gasteiger partial charge in [0.15, 0.2) is 8.07 Å². The molecule has 0 saturated heterocycles. The number of rotatable bonds is 8. The molecule has 0 aliphatic rings. The van der Waals surface area contributed by atoms with Crippen LogP contribution in [0.4, 0.5) is 0 Å². The van der Waals surface area contributed by atoms with Crippen LogP contribution in [0.1, 0.15) is 0 Å². The number of benzene rings is 7. The van der Waals surface area contributed by atoms with Crippen molar-refractivity contribution in [2.75, 3.05) is 0 Å². The zero-order chi connectivity index (χ0) is 34.1. The van der Waals surface area contributed by atoms with Crippen molar-refractivity contribution in [3.63, 3.8) is 0 Å². The molecule has 0 saturated carbocycles. The molecule has 4 heteroatoms. The maximum absolute atomic E-state index is 5.91. The Labute approximate surface area is 305 Å². The summed E-state index contributed by atoms with van der Waals surface area (Å²) in [5.41, 5.74) is 1.10. The molecule has 0 spiro atoms. The molecule has 0 aliphatic carbocycles. The van der Waals surface area contributed by atoms with Crippen LogP contribution in [0, 0.1) is 0 Å². The Balaban J connectivity index is 1.54. The Kier molecular flexibility index (Phi) is 8.13. The minimum absolute atomic E-state index is 1.10. The first-order valence-corrected chi connectivity index (χ1v) is 22.3. The number of fused-ring (bicyclic) bond motifs is 3. The molecule has 0 atom stereocenters. The van der Waals surface area contributed by atoms with Crippen LogP contribution in [0.3, 0.4) is 0 Å². The molecule has 0 N–H and O–H groups in total. The number of aromatic nitrogens is 1. The van der Waals surface area contributed by atoms with Crippen molar-refractivity contribution in [2.24, 2.45) is 0 Å². The fourth-order valence-electron chi connectivity index (χ4n) is 8.19. The Bertz CT molecular complexity index is 2360. The van der Waals surface area contributed by atoms with Crippen molar-refractivity contribution in [3.05, 3.63) is 212 Å². The summed E-state index contributed by atoms with van der Waals surface area (Å²) in [7, 11) is -5.92. The molecule has 0 radical (unpaired) electrons. The first-order chi connectivity index (χ1) is 25.3. The highest BCUT2D eigenvalue weighted by molar-refractivity contribution is 7.31. The van der Waals surface area contributed by atoms with Crippen LogP contribution in [0.2, 0.25) is 0 Å². The third kappa shape index (κ3) is 5.06. The van der Waals surface area contributed by atoms with E-state index in [1.165, 1.54) is 51.1 Å². The van der Waals surface area contributed by atoms with E-state index in [1.54, 1.807) is 0 Å². The van der Waals surface area contributed by atoms with Gasteiger partial charge in [-0.2, -0.15) is 0 Å². The van der Waals surface area contributed by atoms with Crippen molar-refractivity contribution < 1.29 is 0 Å². The Hall–Kier alpha value is -5.66. The summed E-state index contributed by atoms with van der Waals surface area (Å²) in [5.74, 6) is 0.